The fourth-order valence-corrected chi connectivity index (χ4v) is 4.97. The number of amides is 2. The molecule has 2 aromatic heterocycles. The predicted octanol–water partition coefficient (Wildman–Crippen LogP) is -1.49. The number of carbonyl (C=O) groups excluding carboxylic acids is 3. The van der Waals surface area contributed by atoms with E-state index in [1.165, 1.54) is 10.6 Å². The van der Waals surface area contributed by atoms with E-state index in [4.69, 9.17) is 11.6 Å². The molecular weight excluding hydrogens is 499 g/mol. The maximum Gasteiger partial charge on any atom is 1.00 e. The number of aliphatic carboxylic acids is 1. The Kier molecular flexibility index (Phi) is 9.54. The molecule has 1 aliphatic rings. The molecule has 0 radical (unpaired) electrons. The molecule has 1 unspecified atom stereocenters. The summed E-state index contributed by atoms with van der Waals surface area (Å²) in [6.45, 7) is 0.444. The second-order valence-electron chi connectivity index (χ2n) is 8.09. The van der Waals surface area contributed by atoms with Gasteiger partial charge in [0, 0.05) is 48.7 Å². The van der Waals surface area contributed by atoms with Gasteiger partial charge in [-0.3, -0.25) is 23.9 Å². The summed E-state index contributed by atoms with van der Waals surface area (Å²) in [5.74, 6) is -1.82. The molecule has 0 saturated carbocycles. The number of carboxylic acid groups (broad SMARTS) is 1. The zero-order valence-electron chi connectivity index (χ0n) is 19.5. The van der Waals surface area contributed by atoms with Crippen LogP contribution in [-0.2, 0) is 9.59 Å². The quantitative estimate of drug-likeness (QED) is 0.349. The number of aromatic nitrogens is 1. The molecule has 182 valence electrons. The summed E-state index contributed by atoms with van der Waals surface area (Å²) in [4.78, 5) is 50.8. The normalized spacial score (nSPS) is 17.2. The van der Waals surface area contributed by atoms with Crippen molar-refractivity contribution < 1.29 is 38.4 Å². The van der Waals surface area contributed by atoms with Gasteiger partial charge >= 0.3 is 18.9 Å². The number of carboxylic acids is 1. The SMILES string of the molecule is O=C([O-])CCN1CC(NC(=O)c2ccc(Cl)s2)C[C@H]1C(=O)Nc1ccc(-n2ccccc2=O)cc1.[Li+]. The minimum absolute atomic E-state index is 0. The molecule has 1 saturated heterocycles. The number of nitrogens with one attached hydrogen (secondary N) is 2. The molecule has 3 aromatic rings. The van der Waals surface area contributed by atoms with Crippen LogP contribution in [0.1, 0.15) is 22.5 Å². The third kappa shape index (κ3) is 6.87. The number of anilines is 1. The summed E-state index contributed by atoms with van der Waals surface area (Å²) in [6, 6.07) is 14.0. The topological polar surface area (TPSA) is 124 Å². The van der Waals surface area contributed by atoms with E-state index in [9.17, 15) is 24.3 Å². The van der Waals surface area contributed by atoms with Crippen LogP contribution in [0.4, 0.5) is 5.69 Å². The molecule has 36 heavy (non-hydrogen) atoms. The fourth-order valence-electron chi connectivity index (χ4n) is 4.03. The zero-order chi connectivity index (χ0) is 24.9. The van der Waals surface area contributed by atoms with Crippen LogP contribution in [0, 0.1) is 0 Å². The Morgan fingerprint density at radius 3 is 2.47 bits per heavy atom. The van der Waals surface area contributed by atoms with E-state index in [1.54, 1.807) is 59.6 Å². The van der Waals surface area contributed by atoms with Gasteiger partial charge in [-0.25, -0.2) is 0 Å². The van der Waals surface area contributed by atoms with E-state index in [0.29, 0.717) is 33.6 Å². The van der Waals surface area contributed by atoms with E-state index in [2.05, 4.69) is 10.6 Å². The number of carbonyl (C=O) groups is 3. The molecule has 0 bridgehead atoms. The number of benzene rings is 1. The molecule has 2 atom stereocenters. The van der Waals surface area contributed by atoms with Crippen molar-refractivity contribution in [3.05, 3.63) is 80.4 Å². The van der Waals surface area contributed by atoms with Crippen molar-refractivity contribution in [1.82, 2.24) is 14.8 Å². The van der Waals surface area contributed by atoms with Crippen LogP contribution in [0.25, 0.3) is 5.69 Å². The van der Waals surface area contributed by atoms with Crippen molar-refractivity contribution in [3.63, 3.8) is 0 Å². The van der Waals surface area contributed by atoms with Crippen molar-refractivity contribution in [3.8, 4) is 5.69 Å². The Balaban J connectivity index is 0.00000361. The second-order valence-corrected chi connectivity index (χ2v) is 9.80. The Hall–Kier alpha value is -2.87. The second kappa shape index (κ2) is 12.4. The van der Waals surface area contributed by atoms with Gasteiger partial charge in [0.05, 0.1) is 15.3 Å². The van der Waals surface area contributed by atoms with Crippen LogP contribution in [-0.4, -0.2) is 52.4 Å². The van der Waals surface area contributed by atoms with Gasteiger partial charge in [-0.05, 0) is 55.3 Å². The number of pyridine rings is 1. The van der Waals surface area contributed by atoms with Gasteiger partial charge in [-0.15, -0.1) is 11.3 Å². The van der Waals surface area contributed by atoms with E-state index in [1.807, 2.05) is 0 Å². The Morgan fingerprint density at radius 1 is 1.08 bits per heavy atom. The van der Waals surface area contributed by atoms with Crippen LogP contribution in [0.3, 0.4) is 0 Å². The number of hydrogen-bond donors (Lipinski definition) is 2. The van der Waals surface area contributed by atoms with Gasteiger partial charge in [0.2, 0.25) is 5.91 Å². The number of hydrogen-bond acceptors (Lipinski definition) is 7. The number of rotatable bonds is 8. The van der Waals surface area contributed by atoms with Crippen molar-refractivity contribution in [2.24, 2.45) is 0 Å². The number of thiophene rings is 1. The Bertz CT molecular complexity index is 1300. The van der Waals surface area contributed by atoms with E-state index >= 15 is 0 Å². The van der Waals surface area contributed by atoms with Gasteiger partial charge in [0.15, 0.2) is 0 Å². The number of halogens is 1. The Morgan fingerprint density at radius 2 is 1.83 bits per heavy atom. The monoisotopic (exact) mass is 520 g/mol. The van der Waals surface area contributed by atoms with Gasteiger partial charge in [-0.1, -0.05) is 17.7 Å². The first-order valence-electron chi connectivity index (χ1n) is 10.9. The van der Waals surface area contributed by atoms with Gasteiger partial charge < -0.3 is 20.5 Å². The zero-order valence-corrected chi connectivity index (χ0v) is 21.1. The number of nitrogens with zero attached hydrogens (tertiary/aromatic N) is 2. The first kappa shape index (κ1) is 27.7. The summed E-state index contributed by atoms with van der Waals surface area (Å²) in [5.41, 5.74) is 1.02. The summed E-state index contributed by atoms with van der Waals surface area (Å²) < 4.78 is 1.98. The summed E-state index contributed by atoms with van der Waals surface area (Å²) in [5, 5.41) is 16.7. The van der Waals surface area contributed by atoms with Gasteiger partial charge in [0.1, 0.15) is 0 Å². The third-order valence-electron chi connectivity index (χ3n) is 5.68. The summed E-state index contributed by atoms with van der Waals surface area (Å²) in [7, 11) is 0. The number of likely N-dealkylation sites (tertiary alicyclic amines) is 1. The molecule has 1 aromatic carbocycles. The van der Waals surface area contributed by atoms with Crippen LogP contribution >= 0.6 is 22.9 Å². The molecule has 0 spiro atoms. The summed E-state index contributed by atoms with van der Waals surface area (Å²) >= 11 is 7.06. The van der Waals surface area contributed by atoms with Crippen LogP contribution in [0.15, 0.2) is 65.6 Å². The maximum atomic E-state index is 13.1. The van der Waals surface area contributed by atoms with Gasteiger partial charge in [0.25, 0.3) is 11.5 Å². The van der Waals surface area contributed by atoms with Crippen molar-refractivity contribution >= 4 is 46.4 Å². The van der Waals surface area contributed by atoms with Crippen LogP contribution in [0.5, 0.6) is 0 Å². The molecule has 4 rings (SSSR count). The summed E-state index contributed by atoms with van der Waals surface area (Å²) in [6.07, 6.45) is 1.74. The van der Waals surface area contributed by atoms with Crippen LogP contribution < -0.4 is 40.2 Å². The van der Waals surface area contributed by atoms with Crippen molar-refractivity contribution in [2.75, 3.05) is 18.4 Å². The molecule has 9 nitrogen and oxygen atoms in total. The maximum absolute atomic E-state index is 13.1. The molecule has 2 amide bonds. The minimum atomic E-state index is -1.21. The average Bonchev–Trinajstić information content (AvgIpc) is 3.45. The standard InChI is InChI=1S/C24H23ClN4O5S.Li/c25-20-9-8-19(35-20)24(34)27-16-13-18(28(14-16)12-10-22(31)32)23(33)26-15-4-6-17(7-5-15)29-11-2-1-3-21(29)30;/h1-9,11,16,18H,10,12-14H2,(H,26,33)(H,27,34)(H,31,32);/q;+1/p-1/t16?,18-;/m0./s1. The predicted molar refractivity (Wildman–Crippen MR) is 131 cm³/mol. The van der Waals surface area contributed by atoms with E-state index in [-0.39, 0.29) is 55.2 Å². The first-order valence-corrected chi connectivity index (χ1v) is 12.1. The molecular formula is C24H22ClLiN4O5S. The molecule has 1 aliphatic heterocycles. The largest absolute Gasteiger partial charge is 1.00 e. The van der Waals surface area contributed by atoms with Gasteiger partial charge in [-0.2, -0.15) is 0 Å². The minimum Gasteiger partial charge on any atom is -0.550 e. The molecule has 1 fully saturated rings. The first-order chi connectivity index (χ1) is 16.8. The molecule has 0 aliphatic carbocycles. The fraction of sp³-hybridized carbons (Fsp3) is 0.250. The van der Waals surface area contributed by atoms with E-state index < -0.39 is 12.0 Å². The smallest absolute Gasteiger partial charge is 0.550 e. The van der Waals surface area contributed by atoms with Crippen molar-refractivity contribution in [2.45, 2.75) is 24.9 Å². The van der Waals surface area contributed by atoms with Crippen molar-refractivity contribution in [1.29, 1.82) is 0 Å². The molecule has 2 N–H and O–H groups in total. The Labute approximate surface area is 228 Å². The van der Waals surface area contributed by atoms with Crippen LogP contribution in [0.2, 0.25) is 4.34 Å². The molecule has 3 heterocycles. The average molecular weight is 521 g/mol. The third-order valence-corrected chi connectivity index (χ3v) is 6.91. The molecule has 12 heteroatoms. The van der Waals surface area contributed by atoms with E-state index in [0.717, 1.165) is 11.3 Å².